The molecule has 1 N–H and O–H groups in total. The van der Waals surface area contributed by atoms with Gasteiger partial charge in [0.05, 0.1) is 11.8 Å². The maximum atomic E-state index is 12.5. The molecular formula is C22H17ClN2O4. The van der Waals surface area contributed by atoms with Crippen molar-refractivity contribution in [3.8, 4) is 17.2 Å². The predicted octanol–water partition coefficient (Wildman–Crippen LogP) is 4.41. The number of hydrazone groups is 1. The Labute approximate surface area is 172 Å². The molecule has 0 radical (unpaired) electrons. The van der Waals surface area contributed by atoms with Crippen molar-refractivity contribution in [2.24, 2.45) is 5.10 Å². The van der Waals surface area contributed by atoms with Crippen LogP contribution in [-0.4, -0.2) is 18.9 Å². The van der Waals surface area contributed by atoms with Crippen LogP contribution in [0, 0.1) is 0 Å². The normalized spacial score (nSPS) is 12.2. The highest BCUT2D eigenvalue weighted by Crippen LogP contribution is 2.32. The Morgan fingerprint density at radius 3 is 2.72 bits per heavy atom. The molecule has 1 heterocycles. The molecule has 1 aliphatic heterocycles. The van der Waals surface area contributed by atoms with Crippen molar-refractivity contribution in [3.05, 3.63) is 88.4 Å². The summed E-state index contributed by atoms with van der Waals surface area (Å²) in [4.78, 5) is 12.5. The number of carbonyl (C=O) groups is 1. The zero-order chi connectivity index (χ0) is 20.1. The van der Waals surface area contributed by atoms with Crippen LogP contribution in [0.3, 0.4) is 0 Å². The SMILES string of the molecule is O=C(N/N=C\c1ccc2c(c1)OCO2)c1ccccc1OCc1ccc(Cl)cc1. The lowest BCUT2D eigenvalue weighted by Crippen LogP contribution is -2.18. The zero-order valence-electron chi connectivity index (χ0n) is 15.3. The average molecular weight is 409 g/mol. The van der Waals surface area contributed by atoms with Gasteiger partial charge in [-0.2, -0.15) is 5.10 Å². The van der Waals surface area contributed by atoms with Gasteiger partial charge >= 0.3 is 0 Å². The largest absolute Gasteiger partial charge is 0.488 e. The molecule has 0 unspecified atom stereocenters. The van der Waals surface area contributed by atoms with Crippen LogP contribution in [-0.2, 0) is 6.61 Å². The van der Waals surface area contributed by atoms with Crippen molar-refractivity contribution >= 4 is 23.7 Å². The fraction of sp³-hybridized carbons (Fsp3) is 0.0909. The summed E-state index contributed by atoms with van der Waals surface area (Å²) in [5, 5.41) is 4.68. The minimum Gasteiger partial charge on any atom is -0.488 e. The van der Waals surface area contributed by atoms with Crippen LogP contribution < -0.4 is 19.6 Å². The van der Waals surface area contributed by atoms with Crippen LogP contribution in [0.4, 0.5) is 0 Å². The van der Waals surface area contributed by atoms with Gasteiger partial charge in [-0.25, -0.2) is 5.43 Å². The summed E-state index contributed by atoms with van der Waals surface area (Å²) in [5.74, 6) is 1.45. The monoisotopic (exact) mass is 408 g/mol. The molecule has 0 saturated carbocycles. The second kappa shape index (κ2) is 8.67. The lowest BCUT2D eigenvalue weighted by molar-refractivity contribution is 0.0950. The third kappa shape index (κ3) is 4.67. The Bertz CT molecular complexity index is 1050. The van der Waals surface area contributed by atoms with Gasteiger partial charge in [0.15, 0.2) is 11.5 Å². The first kappa shape index (κ1) is 18.8. The topological polar surface area (TPSA) is 69.2 Å². The number of nitrogens with zero attached hydrogens (tertiary/aromatic N) is 1. The fourth-order valence-electron chi connectivity index (χ4n) is 2.74. The maximum Gasteiger partial charge on any atom is 0.275 e. The summed E-state index contributed by atoms with van der Waals surface area (Å²) >= 11 is 5.90. The summed E-state index contributed by atoms with van der Waals surface area (Å²) < 4.78 is 16.4. The summed E-state index contributed by atoms with van der Waals surface area (Å²) in [5.41, 5.74) is 4.64. The van der Waals surface area contributed by atoms with E-state index in [0.717, 1.165) is 11.1 Å². The van der Waals surface area contributed by atoms with Crippen molar-refractivity contribution in [2.45, 2.75) is 6.61 Å². The van der Waals surface area contributed by atoms with Crippen molar-refractivity contribution in [1.29, 1.82) is 0 Å². The van der Waals surface area contributed by atoms with E-state index in [1.807, 2.05) is 24.3 Å². The number of halogens is 1. The van der Waals surface area contributed by atoms with Gasteiger partial charge < -0.3 is 14.2 Å². The van der Waals surface area contributed by atoms with Crippen LogP contribution in [0.15, 0.2) is 71.8 Å². The van der Waals surface area contributed by atoms with E-state index >= 15 is 0 Å². The van der Waals surface area contributed by atoms with E-state index in [1.165, 1.54) is 6.21 Å². The lowest BCUT2D eigenvalue weighted by atomic mass is 10.2. The summed E-state index contributed by atoms with van der Waals surface area (Å²) in [6.07, 6.45) is 1.54. The highest BCUT2D eigenvalue weighted by molar-refractivity contribution is 6.30. The van der Waals surface area contributed by atoms with Gasteiger partial charge in [0, 0.05) is 5.02 Å². The van der Waals surface area contributed by atoms with E-state index in [1.54, 1.807) is 42.5 Å². The second-order valence-corrected chi connectivity index (χ2v) is 6.66. The maximum absolute atomic E-state index is 12.5. The molecule has 0 fully saturated rings. The van der Waals surface area contributed by atoms with E-state index in [0.29, 0.717) is 34.4 Å². The first-order valence-corrected chi connectivity index (χ1v) is 9.26. The van der Waals surface area contributed by atoms with Crippen molar-refractivity contribution in [2.75, 3.05) is 6.79 Å². The smallest absolute Gasteiger partial charge is 0.275 e. The number of nitrogens with one attached hydrogen (secondary N) is 1. The number of para-hydroxylation sites is 1. The Morgan fingerprint density at radius 2 is 1.86 bits per heavy atom. The number of ether oxygens (including phenoxy) is 3. The number of benzene rings is 3. The molecule has 3 aromatic rings. The molecule has 0 saturated heterocycles. The first-order valence-electron chi connectivity index (χ1n) is 8.88. The number of carbonyl (C=O) groups excluding carboxylic acids is 1. The zero-order valence-corrected chi connectivity index (χ0v) is 16.1. The van der Waals surface area contributed by atoms with Crippen LogP contribution >= 0.6 is 11.6 Å². The van der Waals surface area contributed by atoms with Gasteiger partial charge in [-0.3, -0.25) is 4.79 Å². The van der Waals surface area contributed by atoms with E-state index in [-0.39, 0.29) is 12.7 Å². The summed E-state index contributed by atoms with van der Waals surface area (Å²) in [6, 6.07) is 19.8. The number of hydrogen-bond acceptors (Lipinski definition) is 5. The highest BCUT2D eigenvalue weighted by Gasteiger charge is 2.13. The molecule has 1 aliphatic rings. The molecule has 0 aromatic heterocycles. The van der Waals surface area contributed by atoms with E-state index < -0.39 is 0 Å². The molecule has 4 rings (SSSR count). The Kier molecular flexibility index (Phi) is 5.63. The molecule has 0 bridgehead atoms. The molecule has 0 aliphatic carbocycles. The van der Waals surface area contributed by atoms with Gasteiger partial charge in [0.25, 0.3) is 5.91 Å². The van der Waals surface area contributed by atoms with E-state index in [2.05, 4.69) is 10.5 Å². The Morgan fingerprint density at radius 1 is 1.07 bits per heavy atom. The Hall–Kier alpha value is -3.51. The molecule has 29 heavy (non-hydrogen) atoms. The number of amides is 1. The number of hydrogen-bond donors (Lipinski definition) is 1. The second-order valence-electron chi connectivity index (χ2n) is 6.22. The van der Waals surface area contributed by atoms with Crippen molar-refractivity contribution < 1.29 is 19.0 Å². The van der Waals surface area contributed by atoms with Crippen LogP contribution in [0.5, 0.6) is 17.2 Å². The molecule has 7 heteroatoms. The molecule has 0 spiro atoms. The number of rotatable bonds is 6. The minimum absolute atomic E-state index is 0.208. The fourth-order valence-corrected chi connectivity index (χ4v) is 2.87. The van der Waals surface area contributed by atoms with Gasteiger partial charge in [0.1, 0.15) is 12.4 Å². The quantitative estimate of drug-likeness (QED) is 0.484. The average Bonchev–Trinajstić information content (AvgIpc) is 3.21. The van der Waals surface area contributed by atoms with Crippen molar-refractivity contribution in [1.82, 2.24) is 5.43 Å². The predicted molar refractivity (Wildman–Crippen MR) is 110 cm³/mol. The molecule has 1 amide bonds. The Balaban J connectivity index is 1.40. The van der Waals surface area contributed by atoms with Crippen molar-refractivity contribution in [3.63, 3.8) is 0 Å². The lowest BCUT2D eigenvalue weighted by Gasteiger charge is -2.10. The van der Waals surface area contributed by atoms with Gasteiger partial charge in [-0.15, -0.1) is 0 Å². The van der Waals surface area contributed by atoms with Crippen LogP contribution in [0.25, 0.3) is 0 Å². The molecular weight excluding hydrogens is 392 g/mol. The molecule has 3 aromatic carbocycles. The minimum atomic E-state index is -0.367. The van der Waals surface area contributed by atoms with E-state index in [4.69, 9.17) is 25.8 Å². The summed E-state index contributed by atoms with van der Waals surface area (Å²) in [6.45, 7) is 0.529. The standard InChI is InChI=1S/C22H17ClN2O4/c23-17-8-5-15(6-9-17)13-27-19-4-2-1-3-18(19)22(26)25-24-12-16-7-10-20-21(11-16)29-14-28-20/h1-12H,13-14H2,(H,25,26)/b24-12-. The van der Waals surface area contributed by atoms with Gasteiger partial charge in [0.2, 0.25) is 6.79 Å². The molecule has 6 nitrogen and oxygen atoms in total. The molecule has 146 valence electrons. The van der Waals surface area contributed by atoms with Crippen LogP contribution in [0.2, 0.25) is 5.02 Å². The summed E-state index contributed by atoms with van der Waals surface area (Å²) in [7, 11) is 0. The highest BCUT2D eigenvalue weighted by atomic mass is 35.5. The van der Waals surface area contributed by atoms with Gasteiger partial charge in [-0.1, -0.05) is 35.9 Å². The third-order valence-corrected chi connectivity index (χ3v) is 4.47. The van der Waals surface area contributed by atoms with E-state index in [9.17, 15) is 4.79 Å². The van der Waals surface area contributed by atoms with Crippen LogP contribution in [0.1, 0.15) is 21.5 Å². The van der Waals surface area contributed by atoms with Gasteiger partial charge in [-0.05, 0) is 53.6 Å². The number of fused-ring (bicyclic) bond motifs is 1. The molecule has 0 atom stereocenters. The third-order valence-electron chi connectivity index (χ3n) is 4.22. The first-order chi connectivity index (χ1) is 14.2.